The van der Waals surface area contributed by atoms with E-state index in [1.54, 1.807) is 0 Å². The van der Waals surface area contributed by atoms with E-state index in [4.69, 9.17) is 5.73 Å². The molecule has 1 aliphatic rings. The first-order chi connectivity index (χ1) is 8.74. The number of carbonyl (C=O) groups excluding carboxylic acids is 1. The largest absolute Gasteiger partial charge is 0.378 e. The van der Waals surface area contributed by atoms with Crippen LogP contribution in [0.2, 0.25) is 0 Å². The van der Waals surface area contributed by atoms with E-state index in [2.05, 4.69) is 4.99 Å². The number of amidine groups is 1. The van der Waals surface area contributed by atoms with Crippen LogP contribution in [0.5, 0.6) is 0 Å². The summed E-state index contributed by atoms with van der Waals surface area (Å²) in [5.74, 6) is -0.259. The lowest BCUT2D eigenvalue weighted by Crippen LogP contribution is -2.01. The molecular formula is C14H10N2OS. The molecule has 4 heteroatoms. The smallest absolute Gasteiger partial charge is 0.286 e. The van der Waals surface area contributed by atoms with Crippen molar-refractivity contribution in [3.05, 3.63) is 52.9 Å². The van der Waals surface area contributed by atoms with Crippen LogP contribution >= 0.6 is 11.8 Å². The molecule has 0 radical (unpaired) electrons. The Morgan fingerprint density at radius 3 is 2.67 bits per heavy atom. The zero-order chi connectivity index (χ0) is 12.5. The fourth-order valence-electron chi connectivity index (χ4n) is 1.94. The van der Waals surface area contributed by atoms with E-state index in [0.717, 1.165) is 16.3 Å². The van der Waals surface area contributed by atoms with E-state index >= 15 is 0 Å². The topological polar surface area (TPSA) is 55.4 Å². The van der Waals surface area contributed by atoms with Crippen LogP contribution in [0.3, 0.4) is 0 Å². The Balaban J connectivity index is 2.11. The van der Waals surface area contributed by atoms with E-state index in [1.807, 2.05) is 48.5 Å². The van der Waals surface area contributed by atoms with Crippen molar-refractivity contribution in [1.82, 2.24) is 0 Å². The zero-order valence-corrected chi connectivity index (χ0v) is 10.3. The van der Waals surface area contributed by atoms with Gasteiger partial charge in [0, 0.05) is 0 Å². The highest BCUT2D eigenvalue weighted by Crippen LogP contribution is 2.28. The van der Waals surface area contributed by atoms with Gasteiger partial charge in [-0.3, -0.25) is 4.79 Å². The summed E-state index contributed by atoms with van der Waals surface area (Å²) in [7, 11) is 0. The number of thioether (sulfide) groups is 1. The minimum absolute atomic E-state index is 0.259. The van der Waals surface area contributed by atoms with Gasteiger partial charge < -0.3 is 5.73 Å². The SMILES string of the molecule is NC1=NC(=O)/C(=C\c2cccc3ccccc23)S1. The summed E-state index contributed by atoms with van der Waals surface area (Å²) < 4.78 is 0. The standard InChI is InChI=1S/C14H10N2OS/c15-14-16-13(17)12(18-14)8-10-6-3-5-9-4-1-2-7-11(9)10/h1-8H,(H2,15,16,17)/b12-8+. The molecule has 0 saturated carbocycles. The van der Waals surface area contributed by atoms with Gasteiger partial charge in [-0.1, -0.05) is 42.5 Å². The molecule has 2 aromatic carbocycles. The molecule has 2 aromatic rings. The fraction of sp³-hybridized carbons (Fsp3) is 0. The van der Waals surface area contributed by atoms with Crippen molar-refractivity contribution >= 4 is 39.7 Å². The molecule has 1 amide bonds. The number of rotatable bonds is 1. The zero-order valence-electron chi connectivity index (χ0n) is 9.46. The minimum Gasteiger partial charge on any atom is -0.378 e. The Kier molecular flexibility index (Phi) is 2.64. The van der Waals surface area contributed by atoms with Crippen molar-refractivity contribution in [3.8, 4) is 0 Å². The normalized spacial score (nSPS) is 17.4. The van der Waals surface area contributed by atoms with Gasteiger partial charge in [-0.2, -0.15) is 4.99 Å². The predicted molar refractivity (Wildman–Crippen MR) is 76.1 cm³/mol. The number of carbonyl (C=O) groups is 1. The van der Waals surface area contributed by atoms with E-state index in [9.17, 15) is 4.79 Å². The first kappa shape index (κ1) is 11.0. The highest BCUT2D eigenvalue weighted by Gasteiger charge is 2.19. The summed E-state index contributed by atoms with van der Waals surface area (Å²) in [5, 5.41) is 2.58. The molecule has 0 atom stereocenters. The Morgan fingerprint density at radius 2 is 1.89 bits per heavy atom. The molecule has 0 aromatic heterocycles. The second-order valence-electron chi connectivity index (χ2n) is 3.93. The van der Waals surface area contributed by atoms with Crippen molar-refractivity contribution in [1.29, 1.82) is 0 Å². The van der Waals surface area contributed by atoms with E-state index in [0.29, 0.717) is 10.1 Å². The summed E-state index contributed by atoms with van der Waals surface area (Å²) in [4.78, 5) is 15.8. The monoisotopic (exact) mass is 254 g/mol. The lowest BCUT2D eigenvalue weighted by molar-refractivity contribution is -0.113. The van der Waals surface area contributed by atoms with Crippen LogP contribution in [0.4, 0.5) is 0 Å². The van der Waals surface area contributed by atoms with Gasteiger partial charge >= 0.3 is 0 Å². The Labute approximate surface area is 108 Å². The van der Waals surface area contributed by atoms with Gasteiger partial charge in [0.15, 0.2) is 5.17 Å². The van der Waals surface area contributed by atoms with Gasteiger partial charge in [0.1, 0.15) is 0 Å². The van der Waals surface area contributed by atoms with Gasteiger partial charge in [0.2, 0.25) is 0 Å². The second kappa shape index (κ2) is 4.31. The van der Waals surface area contributed by atoms with Gasteiger partial charge in [0.25, 0.3) is 5.91 Å². The van der Waals surface area contributed by atoms with Crippen LogP contribution in [-0.4, -0.2) is 11.1 Å². The third-order valence-electron chi connectivity index (χ3n) is 2.75. The number of hydrogen-bond acceptors (Lipinski definition) is 3. The van der Waals surface area contributed by atoms with E-state index in [1.165, 1.54) is 11.8 Å². The van der Waals surface area contributed by atoms with Crippen LogP contribution in [0.25, 0.3) is 16.8 Å². The number of nitrogens with zero attached hydrogens (tertiary/aromatic N) is 1. The summed E-state index contributed by atoms with van der Waals surface area (Å²) in [6.07, 6.45) is 1.85. The molecule has 0 saturated heterocycles. The highest BCUT2D eigenvalue weighted by molar-refractivity contribution is 8.18. The lowest BCUT2D eigenvalue weighted by atomic mass is 10.0. The van der Waals surface area contributed by atoms with E-state index < -0.39 is 0 Å². The average Bonchev–Trinajstić information content (AvgIpc) is 2.68. The van der Waals surface area contributed by atoms with Crippen LogP contribution in [0.1, 0.15) is 5.56 Å². The van der Waals surface area contributed by atoms with Crippen LogP contribution in [0, 0.1) is 0 Å². The number of hydrogen-bond donors (Lipinski definition) is 1. The second-order valence-corrected chi connectivity index (χ2v) is 5.00. The Hall–Kier alpha value is -2.07. The molecule has 88 valence electrons. The molecule has 2 N–H and O–H groups in total. The van der Waals surface area contributed by atoms with E-state index in [-0.39, 0.29) is 5.91 Å². The molecular weight excluding hydrogens is 244 g/mol. The summed E-state index contributed by atoms with van der Waals surface area (Å²) in [5.41, 5.74) is 6.54. The van der Waals surface area contributed by atoms with Crippen molar-refractivity contribution in [2.45, 2.75) is 0 Å². The predicted octanol–water partition coefficient (Wildman–Crippen LogP) is 2.77. The number of aliphatic imine (C=N–C) groups is 1. The average molecular weight is 254 g/mol. The fourth-order valence-corrected chi connectivity index (χ4v) is 2.62. The molecule has 0 unspecified atom stereocenters. The summed E-state index contributed by atoms with van der Waals surface area (Å²) in [6.45, 7) is 0. The van der Waals surface area contributed by atoms with Crippen molar-refractivity contribution in [2.75, 3.05) is 0 Å². The molecule has 0 spiro atoms. The van der Waals surface area contributed by atoms with Crippen molar-refractivity contribution < 1.29 is 4.79 Å². The Morgan fingerprint density at radius 1 is 1.11 bits per heavy atom. The molecule has 1 aliphatic heterocycles. The van der Waals surface area contributed by atoms with Crippen LogP contribution < -0.4 is 5.73 Å². The molecule has 1 heterocycles. The minimum atomic E-state index is -0.259. The number of nitrogens with two attached hydrogens (primary N) is 1. The maximum Gasteiger partial charge on any atom is 0.286 e. The number of fused-ring (bicyclic) bond motifs is 1. The summed E-state index contributed by atoms with van der Waals surface area (Å²) >= 11 is 1.22. The molecule has 3 rings (SSSR count). The molecule has 0 aliphatic carbocycles. The molecule has 0 bridgehead atoms. The van der Waals surface area contributed by atoms with Crippen LogP contribution in [0.15, 0.2) is 52.4 Å². The first-order valence-electron chi connectivity index (χ1n) is 5.50. The van der Waals surface area contributed by atoms with Crippen molar-refractivity contribution in [2.24, 2.45) is 10.7 Å². The quantitative estimate of drug-likeness (QED) is 0.796. The lowest BCUT2D eigenvalue weighted by Gasteiger charge is -2.02. The number of amides is 1. The van der Waals surface area contributed by atoms with Gasteiger partial charge in [-0.25, -0.2) is 0 Å². The molecule has 18 heavy (non-hydrogen) atoms. The Bertz CT molecular complexity index is 699. The summed E-state index contributed by atoms with van der Waals surface area (Å²) in [6, 6.07) is 14.1. The van der Waals surface area contributed by atoms with Crippen LogP contribution in [-0.2, 0) is 4.79 Å². The molecule has 0 fully saturated rings. The van der Waals surface area contributed by atoms with Crippen molar-refractivity contribution in [3.63, 3.8) is 0 Å². The maximum absolute atomic E-state index is 11.6. The number of benzene rings is 2. The maximum atomic E-state index is 11.6. The third kappa shape index (κ3) is 1.91. The van der Waals surface area contributed by atoms with Gasteiger partial charge in [0.05, 0.1) is 4.91 Å². The highest BCUT2D eigenvalue weighted by atomic mass is 32.2. The van der Waals surface area contributed by atoms with Gasteiger partial charge in [-0.15, -0.1) is 0 Å². The first-order valence-corrected chi connectivity index (χ1v) is 6.31. The van der Waals surface area contributed by atoms with Gasteiger partial charge in [-0.05, 0) is 34.2 Å². The molecule has 3 nitrogen and oxygen atoms in total. The third-order valence-corrected chi connectivity index (χ3v) is 3.56.